The number of aromatic nitrogens is 2. The molecule has 20 heavy (non-hydrogen) atoms. The van der Waals surface area contributed by atoms with E-state index in [1.165, 1.54) is 5.56 Å². The minimum absolute atomic E-state index is 0.107. The van der Waals surface area contributed by atoms with E-state index < -0.39 is 0 Å². The quantitative estimate of drug-likeness (QED) is 0.914. The molecule has 2 rings (SSSR count). The van der Waals surface area contributed by atoms with Gasteiger partial charge in [0.1, 0.15) is 0 Å². The van der Waals surface area contributed by atoms with Crippen LogP contribution >= 0.6 is 11.6 Å². The molecule has 0 atom stereocenters. The summed E-state index contributed by atoms with van der Waals surface area (Å²) in [7, 11) is 1.92. The summed E-state index contributed by atoms with van der Waals surface area (Å²) in [5.41, 5.74) is 4.43. The summed E-state index contributed by atoms with van der Waals surface area (Å²) in [6, 6.07) is 8.40. The fourth-order valence-corrected chi connectivity index (χ4v) is 2.57. The average Bonchev–Trinajstić information content (AvgIpc) is 2.60. The maximum atomic E-state index is 6.29. The predicted molar refractivity (Wildman–Crippen MR) is 85.4 cm³/mol. The van der Waals surface area contributed by atoms with Crippen LogP contribution in [0.3, 0.4) is 0 Å². The molecule has 0 radical (unpaired) electrons. The Labute approximate surface area is 126 Å². The van der Waals surface area contributed by atoms with Gasteiger partial charge in [-0.3, -0.25) is 4.68 Å². The van der Waals surface area contributed by atoms with E-state index >= 15 is 0 Å². The number of hydrogen-bond acceptors (Lipinski definition) is 2. The number of anilines is 1. The zero-order valence-corrected chi connectivity index (χ0v) is 13.5. The maximum absolute atomic E-state index is 6.29. The Hall–Kier alpha value is -1.48. The first-order valence-corrected chi connectivity index (χ1v) is 7.20. The van der Waals surface area contributed by atoms with Gasteiger partial charge in [0.25, 0.3) is 0 Å². The van der Waals surface area contributed by atoms with Crippen LogP contribution in [0.15, 0.2) is 24.3 Å². The molecule has 0 fully saturated rings. The highest BCUT2D eigenvalue weighted by Crippen LogP contribution is 2.30. The van der Waals surface area contributed by atoms with E-state index in [-0.39, 0.29) is 5.41 Å². The summed E-state index contributed by atoms with van der Waals surface area (Å²) in [4.78, 5) is 0. The van der Waals surface area contributed by atoms with Crippen LogP contribution < -0.4 is 5.32 Å². The van der Waals surface area contributed by atoms with E-state index in [1.54, 1.807) is 0 Å². The molecular weight excluding hydrogens is 270 g/mol. The van der Waals surface area contributed by atoms with Crippen LogP contribution in [-0.2, 0) is 19.0 Å². The van der Waals surface area contributed by atoms with Gasteiger partial charge in [-0.15, -0.1) is 0 Å². The molecule has 1 N–H and O–H groups in total. The fraction of sp³-hybridized carbons (Fsp3) is 0.438. The lowest BCUT2D eigenvalue weighted by Crippen LogP contribution is -2.15. The fourth-order valence-electron chi connectivity index (χ4n) is 2.34. The minimum Gasteiger partial charge on any atom is -0.379 e. The van der Waals surface area contributed by atoms with E-state index in [2.05, 4.69) is 49.4 Å². The number of rotatable bonds is 3. The summed E-state index contributed by atoms with van der Waals surface area (Å²) in [6.07, 6.45) is 0. The Balaban J connectivity index is 2.24. The first-order chi connectivity index (χ1) is 9.30. The van der Waals surface area contributed by atoms with Crippen molar-refractivity contribution in [1.29, 1.82) is 0 Å². The third kappa shape index (κ3) is 2.98. The minimum atomic E-state index is 0.107. The predicted octanol–water partition coefficient (Wildman–Crippen LogP) is 4.29. The molecule has 2 aromatic rings. The van der Waals surface area contributed by atoms with Crippen molar-refractivity contribution in [2.45, 2.75) is 39.7 Å². The highest BCUT2D eigenvalue weighted by Gasteiger charge is 2.18. The van der Waals surface area contributed by atoms with E-state index in [1.807, 2.05) is 24.7 Å². The lowest BCUT2D eigenvalue weighted by atomic mass is 9.86. The van der Waals surface area contributed by atoms with Crippen molar-refractivity contribution in [2.24, 2.45) is 7.05 Å². The van der Waals surface area contributed by atoms with E-state index in [0.29, 0.717) is 6.54 Å². The molecule has 1 heterocycles. The molecule has 4 heteroatoms. The van der Waals surface area contributed by atoms with Crippen molar-refractivity contribution < 1.29 is 0 Å². The topological polar surface area (TPSA) is 29.9 Å². The molecule has 0 aliphatic rings. The Morgan fingerprint density at radius 2 is 1.90 bits per heavy atom. The lowest BCUT2D eigenvalue weighted by Gasteiger charge is -2.23. The monoisotopic (exact) mass is 291 g/mol. The zero-order valence-electron chi connectivity index (χ0n) is 12.8. The van der Waals surface area contributed by atoms with Gasteiger partial charge in [-0.2, -0.15) is 5.10 Å². The Kier molecular flexibility index (Phi) is 4.09. The standard InChI is InChI=1S/C16H22ClN3/c1-11-15(17)14(20(5)19-11)10-18-13-9-7-6-8-12(13)16(2,3)4/h6-9,18H,10H2,1-5H3. The van der Waals surface area contributed by atoms with Crippen LogP contribution in [0.4, 0.5) is 5.69 Å². The lowest BCUT2D eigenvalue weighted by molar-refractivity contribution is 0.591. The number of aryl methyl sites for hydroxylation is 2. The van der Waals surface area contributed by atoms with Crippen LogP contribution in [0.2, 0.25) is 5.02 Å². The van der Waals surface area contributed by atoms with Gasteiger partial charge in [-0.1, -0.05) is 50.6 Å². The summed E-state index contributed by atoms with van der Waals surface area (Å²) in [6.45, 7) is 9.25. The summed E-state index contributed by atoms with van der Waals surface area (Å²) >= 11 is 6.29. The van der Waals surface area contributed by atoms with Crippen molar-refractivity contribution in [2.75, 3.05) is 5.32 Å². The number of hydrogen-bond donors (Lipinski definition) is 1. The molecule has 0 spiro atoms. The third-order valence-corrected chi connectivity index (χ3v) is 3.93. The van der Waals surface area contributed by atoms with Crippen LogP contribution in [0, 0.1) is 6.92 Å². The maximum Gasteiger partial charge on any atom is 0.0865 e. The van der Waals surface area contributed by atoms with Gasteiger partial charge in [0, 0.05) is 12.7 Å². The van der Waals surface area contributed by atoms with Crippen molar-refractivity contribution >= 4 is 17.3 Å². The van der Waals surface area contributed by atoms with Crippen LogP contribution in [0.5, 0.6) is 0 Å². The number of para-hydroxylation sites is 1. The molecule has 0 aliphatic carbocycles. The average molecular weight is 292 g/mol. The Bertz CT molecular complexity index is 609. The second-order valence-electron chi connectivity index (χ2n) is 6.12. The number of halogens is 1. The molecule has 0 saturated carbocycles. The van der Waals surface area contributed by atoms with Crippen molar-refractivity contribution in [1.82, 2.24) is 9.78 Å². The normalized spacial score (nSPS) is 11.7. The van der Waals surface area contributed by atoms with Crippen molar-refractivity contribution in [3.8, 4) is 0 Å². The van der Waals surface area contributed by atoms with Crippen molar-refractivity contribution in [3.63, 3.8) is 0 Å². The van der Waals surface area contributed by atoms with E-state index in [4.69, 9.17) is 11.6 Å². The molecule has 0 aliphatic heterocycles. The zero-order chi connectivity index (χ0) is 14.9. The van der Waals surface area contributed by atoms with Gasteiger partial charge in [-0.25, -0.2) is 0 Å². The summed E-state index contributed by atoms with van der Waals surface area (Å²) < 4.78 is 1.84. The van der Waals surface area contributed by atoms with Gasteiger partial charge >= 0.3 is 0 Å². The Morgan fingerprint density at radius 3 is 2.45 bits per heavy atom. The molecule has 0 saturated heterocycles. The van der Waals surface area contributed by atoms with Gasteiger partial charge in [-0.05, 0) is 24.0 Å². The van der Waals surface area contributed by atoms with E-state index in [0.717, 1.165) is 22.1 Å². The molecule has 3 nitrogen and oxygen atoms in total. The smallest absolute Gasteiger partial charge is 0.0865 e. The first-order valence-electron chi connectivity index (χ1n) is 6.82. The molecule has 0 bridgehead atoms. The molecule has 0 amide bonds. The Morgan fingerprint density at radius 1 is 1.25 bits per heavy atom. The van der Waals surface area contributed by atoms with Crippen LogP contribution in [0.25, 0.3) is 0 Å². The first kappa shape index (κ1) is 14.9. The van der Waals surface area contributed by atoms with Gasteiger partial charge < -0.3 is 5.32 Å². The van der Waals surface area contributed by atoms with Crippen molar-refractivity contribution in [3.05, 3.63) is 46.2 Å². The SMILES string of the molecule is Cc1nn(C)c(CNc2ccccc2C(C)(C)C)c1Cl. The highest BCUT2D eigenvalue weighted by molar-refractivity contribution is 6.31. The van der Waals surface area contributed by atoms with Gasteiger partial charge in [0.15, 0.2) is 0 Å². The highest BCUT2D eigenvalue weighted by atomic mass is 35.5. The molecule has 108 valence electrons. The molecule has 0 unspecified atom stereocenters. The summed E-state index contributed by atoms with van der Waals surface area (Å²) in [5, 5.41) is 8.57. The number of nitrogens with zero attached hydrogens (tertiary/aromatic N) is 2. The summed E-state index contributed by atoms with van der Waals surface area (Å²) in [5.74, 6) is 0. The number of nitrogens with one attached hydrogen (secondary N) is 1. The molecule has 1 aromatic carbocycles. The van der Waals surface area contributed by atoms with Gasteiger partial charge in [0.2, 0.25) is 0 Å². The largest absolute Gasteiger partial charge is 0.379 e. The van der Waals surface area contributed by atoms with E-state index in [9.17, 15) is 0 Å². The second-order valence-corrected chi connectivity index (χ2v) is 6.50. The third-order valence-electron chi connectivity index (χ3n) is 3.44. The van der Waals surface area contributed by atoms with Crippen LogP contribution in [-0.4, -0.2) is 9.78 Å². The molecule has 1 aromatic heterocycles. The van der Waals surface area contributed by atoms with Gasteiger partial charge in [0.05, 0.1) is 23.0 Å². The molecular formula is C16H22ClN3. The second kappa shape index (κ2) is 5.49. The number of benzene rings is 1. The van der Waals surface area contributed by atoms with Crippen LogP contribution in [0.1, 0.15) is 37.7 Å².